The van der Waals surface area contributed by atoms with Crippen LogP contribution in [0.5, 0.6) is 0 Å². The minimum Gasteiger partial charge on any atom is -0.366 e. The standard InChI is InChI=1S/C20H16BrN3O2S/c1-12-14(19(22)25)6-4-7-16(12)24-20(26)15-5-2-3-8-17(15)27-18-10-9-13(21)11-23-18/h2-11H,1H3,(H2,22,25)(H,24,26). The molecule has 3 N–H and O–H groups in total. The van der Waals surface area contributed by atoms with Crippen molar-refractivity contribution in [3.05, 3.63) is 82.0 Å². The van der Waals surface area contributed by atoms with Crippen molar-refractivity contribution in [3.8, 4) is 0 Å². The van der Waals surface area contributed by atoms with Crippen molar-refractivity contribution in [1.29, 1.82) is 0 Å². The highest BCUT2D eigenvalue weighted by Crippen LogP contribution is 2.30. The first-order chi connectivity index (χ1) is 13.0. The van der Waals surface area contributed by atoms with Crippen LogP contribution in [0, 0.1) is 6.92 Å². The first-order valence-corrected chi connectivity index (χ1v) is 9.66. The Hall–Kier alpha value is -2.64. The molecule has 1 aromatic heterocycles. The Morgan fingerprint density at radius 1 is 1.04 bits per heavy atom. The molecule has 0 aliphatic rings. The number of carbonyl (C=O) groups is 2. The van der Waals surface area contributed by atoms with E-state index in [1.54, 1.807) is 43.5 Å². The smallest absolute Gasteiger partial charge is 0.256 e. The average molecular weight is 442 g/mol. The first kappa shape index (κ1) is 19.1. The van der Waals surface area contributed by atoms with Gasteiger partial charge in [-0.3, -0.25) is 9.59 Å². The summed E-state index contributed by atoms with van der Waals surface area (Å²) in [6.45, 7) is 1.75. The van der Waals surface area contributed by atoms with Gasteiger partial charge in [0.25, 0.3) is 5.91 Å². The minimum atomic E-state index is -0.527. The Kier molecular flexibility index (Phi) is 5.93. The average Bonchev–Trinajstić information content (AvgIpc) is 2.65. The fourth-order valence-electron chi connectivity index (χ4n) is 2.51. The number of rotatable bonds is 5. The second kappa shape index (κ2) is 8.37. The van der Waals surface area contributed by atoms with E-state index in [4.69, 9.17) is 5.73 Å². The third kappa shape index (κ3) is 4.56. The molecule has 3 rings (SSSR count). The quantitative estimate of drug-likeness (QED) is 0.602. The third-order valence-corrected chi connectivity index (χ3v) is 5.39. The maximum absolute atomic E-state index is 12.8. The largest absolute Gasteiger partial charge is 0.366 e. The molecule has 2 aromatic carbocycles. The molecule has 0 saturated carbocycles. The molecule has 7 heteroatoms. The van der Waals surface area contributed by atoms with Crippen molar-refractivity contribution in [2.75, 3.05) is 5.32 Å². The maximum atomic E-state index is 12.8. The number of nitrogens with one attached hydrogen (secondary N) is 1. The summed E-state index contributed by atoms with van der Waals surface area (Å²) in [7, 11) is 0. The number of nitrogens with two attached hydrogens (primary N) is 1. The summed E-state index contributed by atoms with van der Waals surface area (Å²) in [5.41, 5.74) is 7.48. The number of amides is 2. The number of benzene rings is 2. The molecule has 136 valence electrons. The van der Waals surface area contributed by atoms with Crippen LogP contribution in [-0.2, 0) is 0 Å². The minimum absolute atomic E-state index is 0.264. The molecule has 3 aromatic rings. The normalized spacial score (nSPS) is 10.4. The van der Waals surface area contributed by atoms with Gasteiger partial charge in [0.15, 0.2) is 0 Å². The number of anilines is 1. The van der Waals surface area contributed by atoms with E-state index in [0.29, 0.717) is 22.4 Å². The fourth-order valence-corrected chi connectivity index (χ4v) is 3.62. The van der Waals surface area contributed by atoms with Gasteiger partial charge in [-0.2, -0.15) is 0 Å². The van der Waals surface area contributed by atoms with E-state index >= 15 is 0 Å². The van der Waals surface area contributed by atoms with E-state index in [0.717, 1.165) is 14.4 Å². The molecule has 0 bridgehead atoms. The summed E-state index contributed by atoms with van der Waals surface area (Å²) in [6, 6.07) is 16.1. The topological polar surface area (TPSA) is 85.1 Å². The first-order valence-electron chi connectivity index (χ1n) is 8.05. The highest BCUT2D eigenvalue weighted by atomic mass is 79.9. The molecular formula is C20H16BrN3O2S. The zero-order valence-electron chi connectivity index (χ0n) is 14.4. The maximum Gasteiger partial charge on any atom is 0.256 e. The van der Waals surface area contributed by atoms with Crippen LogP contribution in [0.2, 0.25) is 0 Å². The van der Waals surface area contributed by atoms with E-state index in [-0.39, 0.29) is 5.91 Å². The van der Waals surface area contributed by atoms with Gasteiger partial charge < -0.3 is 11.1 Å². The van der Waals surface area contributed by atoms with Crippen molar-refractivity contribution in [3.63, 3.8) is 0 Å². The van der Waals surface area contributed by atoms with Crippen LogP contribution in [0.25, 0.3) is 0 Å². The Morgan fingerprint density at radius 3 is 2.48 bits per heavy atom. The molecule has 0 spiro atoms. The van der Waals surface area contributed by atoms with Crippen LogP contribution in [0.1, 0.15) is 26.3 Å². The number of nitrogens with zero attached hydrogens (tertiary/aromatic N) is 1. The van der Waals surface area contributed by atoms with Gasteiger partial charge in [0, 0.05) is 26.8 Å². The van der Waals surface area contributed by atoms with Crippen LogP contribution >= 0.6 is 27.7 Å². The lowest BCUT2D eigenvalue weighted by molar-refractivity contribution is 0.0995. The summed E-state index contributed by atoms with van der Waals surface area (Å²) >= 11 is 4.77. The van der Waals surface area contributed by atoms with Gasteiger partial charge >= 0.3 is 0 Å². The predicted octanol–water partition coefficient (Wildman–Crippen LogP) is 4.65. The van der Waals surface area contributed by atoms with Crippen LogP contribution in [0.15, 0.2) is 75.2 Å². The molecule has 2 amide bonds. The highest BCUT2D eigenvalue weighted by molar-refractivity contribution is 9.10. The number of pyridine rings is 1. The van der Waals surface area contributed by atoms with Crippen molar-refractivity contribution < 1.29 is 9.59 Å². The fraction of sp³-hybridized carbons (Fsp3) is 0.0500. The second-order valence-electron chi connectivity index (χ2n) is 5.71. The number of hydrogen-bond acceptors (Lipinski definition) is 4. The van der Waals surface area contributed by atoms with E-state index in [1.807, 2.05) is 24.3 Å². The summed E-state index contributed by atoms with van der Waals surface area (Å²) < 4.78 is 0.891. The summed E-state index contributed by atoms with van der Waals surface area (Å²) in [5, 5.41) is 3.65. The van der Waals surface area contributed by atoms with Crippen molar-refractivity contribution >= 4 is 45.2 Å². The van der Waals surface area contributed by atoms with Gasteiger partial charge in [-0.05, 0) is 64.8 Å². The number of hydrogen-bond donors (Lipinski definition) is 2. The molecule has 0 fully saturated rings. The molecule has 0 aliphatic heterocycles. The van der Waals surface area contributed by atoms with Crippen molar-refractivity contribution in [1.82, 2.24) is 4.98 Å². The van der Waals surface area contributed by atoms with Gasteiger partial charge in [-0.1, -0.05) is 30.0 Å². The predicted molar refractivity (Wildman–Crippen MR) is 110 cm³/mol. The SMILES string of the molecule is Cc1c(NC(=O)c2ccccc2Sc2ccc(Br)cn2)cccc1C(N)=O. The van der Waals surface area contributed by atoms with Gasteiger partial charge in [0.1, 0.15) is 5.03 Å². The molecular weight excluding hydrogens is 426 g/mol. The van der Waals surface area contributed by atoms with Crippen molar-refractivity contribution in [2.45, 2.75) is 16.8 Å². The highest BCUT2D eigenvalue weighted by Gasteiger charge is 2.15. The second-order valence-corrected chi connectivity index (χ2v) is 7.69. The summed E-state index contributed by atoms with van der Waals surface area (Å²) in [4.78, 5) is 29.5. The Bertz CT molecular complexity index is 1010. The molecule has 27 heavy (non-hydrogen) atoms. The molecule has 0 atom stereocenters. The van der Waals surface area contributed by atoms with Gasteiger partial charge in [-0.15, -0.1) is 0 Å². The van der Waals surface area contributed by atoms with E-state index in [9.17, 15) is 9.59 Å². The lowest BCUT2D eigenvalue weighted by Crippen LogP contribution is -2.17. The van der Waals surface area contributed by atoms with Gasteiger partial charge in [-0.25, -0.2) is 4.98 Å². The van der Waals surface area contributed by atoms with Gasteiger partial charge in [0.05, 0.1) is 5.56 Å². The lowest BCUT2D eigenvalue weighted by Gasteiger charge is -2.13. The Labute approximate surface area is 169 Å². The summed E-state index contributed by atoms with van der Waals surface area (Å²) in [5.74, 6) is -0.791. The molecule has 0 unspecified atom stereocenters. The zero-order chi connectivity index (χ0) is 19.4. The van der Waals surface area contributed by atoms with Crippen LogP contribution < -0.4 is 11.1 Å². The van der Waals surface area contributed by atoms with Gasteiger partial charge in [0.2, 0.25) is 5.91 Å². The molecule has 1 heterocycles. The van der Waals surface area contributed by atoms with E-state index < -0.39 is 5.91 Å². The van der Waals surface area contributed by atoms with E-state index in [1.165, 1.54) is 11.8 Å². The molecule has 0 saturated heterocycles. The van der Waals surface area contributed by atoms with Crippen LogP contribution in [0.4, 0.5) is 5.69 Å². The zero-order valence-corrected chi connectivity index (χ0v) is 16.8. The number of primary amides is 1. The summed E-state index contributed by atoms with van der Waals surface area (Å²) in [6.07, 6.45) is 1.71. The van der Waals surface area contributed by atoms with Crippen molar-refractivity contribution in [2.24, 2.45) is 5.73 Å². The Balaban J connectivity index is 1.87. The number of carbonyl (C=O) groups excluding carboxylic acids is 2. The monoisotopic (exact) mass is 441 g/mol. The molecule has 0 radical (unpaired) electrons. The molecule has 0 aliphatic carbocycles. The Morgan fingerprint density at radius 2 is 1.78 bits per heavy atom. The van der Waals surface area contributed by atoms with E-state index in [2.05, 4.69) is 26.2 Å². The number of halogens is 1. The van der Waals surface area contributed by atoms with Crippen LogP contribution in [0.3, 0.4) is 0 Å². The lowest BCUT2D eigenvalue weighted by atomic mass is 10.1. The van der Waals surface area contributed by atoms with Crippen LogP contribution in [-0.4, -0.2) is 16.8 Å². The third-order valence-electron chi connectivity index (χ3n) is 3.89. The number of aromatic nitrogens is 1. The molecule has 5 nitrogen and oxygen atoms in total.